The van der Waals surface area contributed by atoms with Crippen LogP contribution in [0.25, 0.3) is 0 Å². The second-order valence-electron chi connectivity index (χ2n) is 8.43. The van der Waals surface area contributed by atoms with Crippen LogP contribution >= 0.6 is 11.6 Å². The smallest absolute Gasteiger partial charge is 0.339 e. The van der Waals surface area contributed by atoms with Gasteiger partial charge in [-0.3, -0.25) is 0 Å². The van der Waals surface area contributed by atoms with Gasteiger partial charge in [0.2, 0.25) is 0 Å². The fourth-order valence-corrected chi connectivity index (χ4v) is 6.44. The Morgan fingerprint density at radius 1 is 1.32 bits per heavy atom. The highest BCUT2D eigenvalue weighted by atomic mass is 35.5. The van der Waals surface area contributed by atoms with E-state index in [1.54, 1.807) is 11.6 Å². The number of sulfonamides is 1. The van der Waals surface area contributed by atoms with Gasteiger partial charge in [-0.25, -0.2) is 13.4 Å². The maximum atomic E-state index is 13.1. The van der Waals surface area contributed by atoms with Crippen LogP contribution in [0.1, 0.15) is 36.8 Å². The molecule has 2 unspecified atom stereocenters. The van der Waals surface area contributed by atoms with Crippen molar-refractivity contribution in [1.82, 2.24) is 19.2 Å². The standard InChI is InChI=1S/C20H24ClF3N4O2S/c1-27-11-18(25-13-27)31(29,30)28-10-16-4-2-3-7-19(16,12-28)26-9-14-5-6-15(8-17(14)21)20(22,23)24/h5-6,8,11,13,16,26H,2-4,7,9-10,12H2,1H3. The van der Waals surface area contributed by atoms with Crippen LogP contribution in [0.15, 0.2) is 35.7 Å². The van der Waals surface area contributed by atoms with E-state index in [2.05, 4.69) is 10.3 Å². The highest BCUT2D eigenvalue weighted by Gasteiger charge is 2.51. The molecular formula is C20H24ClF3N4O2S. The van der Waals surface area contributed by atoms with E-state index in [9.17, 15) is 21.6 Å². The molecule has 1 aliphatic carbocycles. The maximum absolute atomic E-state index is 13.1. The Morgan fingerprint density at radius 2 is 2.10 bits per heavy atom. The van der Waals surface area contributed by atoms with E-state index in [1.165, 1.54) is 22.9 Å². The molecule has 1 N–H and O–H groups in total. The van der Waals surface area contributed by atoms with Crippen molar-refractivity contribution in [2.75, 3.05) is 13.1 Å². The lowest BCUT2D eigenvalue weighted by molar-refractivity contribution is -0.137. The number of nitrogens with zero attached hydrogens (tertiary/aromatic N) is 3. The summed E-state index contributed by atoms with van der Waals surface area (Å²) in [6.07, 6.45) is 2.16. The predicted molar refractivity (Wildman–Crippen MR) is 110 cm³/mol. The first kappa shape index (κ1) is 22.6. The Balaban J connectivity index is 1.54. The van der Waals surface area contributed by atoms with Gasteiger partial charge in [0.1, 0.15) is 0 Å². The number of imidazole rings is 1. The monoisotopic (exact) mass is 476 g/mol. The quantitative estimate of drug-likeness (QED) is 0.712. The molecule has 4 rings (SSSR count). The molecule has 1 aromatic carbocycles. The number of rotatable bonds is 5. The Hall–Kier alpha value is -1.62. The summed E-state index contributed by atoms with van der Waals surface area (Å²) < 4.78 is 68.0. The van der Waals surface area contributed by atoms with Crippen LogP contribution in [-0.2, 0) is 29.8 Å². The molecular weight excluding hydrogens is 453 g/mol. The molecule has 0 radical (unpaired) electrons. The summed E-state index contributed by atoms with van der Waals surface area (Å²) in [7, 11) is -2.00. The molecule has 2 heterocycles. The average Bonchev–Trinajstić information content (AvgIpc) is 3.31. The summed E-state index contributed by atoms with van der Waals surface area (Å²) in [5.74, 6) is 0.118. The summed E-state index contributed by atoms with van der Waals surface area (Å²) in [6.45, 7) is 0.965. The highest BCUT2D eigenvalue weighted by Crippen LogP contribution is 2.42. The fourth-order valence-electron chi connectivity index (χ4n) is 4.68. The van der Waals surface area contributed by atoms with E-state index in [0.29, 0.717) is 18.7 Å². The third-order valence-electron chi connectivity index (χ3n) is 6.39. The minimum absolute atomic E-state index is 0.0228. The van der Waals surface area contributed by atoms with Crippen molar-refractivity contribution in [2.45, 2.75) is 49.0 Å². The minimum Gasteiger partial charge on any atom is -0.339 e. The number of aromatic nitrogens is 2. The number of hydrogen-bond acceptors (Lipinski definition) is 4. The summed E-state index contributed by atoms with van der Waals surface area (Å²) in [5.41, 5.74) is -0.672. The Bertz CT molecular complexity index is 1070. The van der Waals surface area contributed by atoms with Crippen LogP contribution in [0.2, 0.25) is 5.02 Å². The van der Waals surface area contributed by atoms with E-state index >= 15 is 0 Å². The van der Waals surface area contributed by atoms with Gasteiger partial charge in [-0.15, -0.1) is 0 Å². The predicted octanol–water partition coefficient (Wildman–Crippen LogP) is 3.82. The first-order valence-electron chi connectivity index (χ1n) is 10.1. The number of hydrogen-bond donors (Lipinski definition) is 1. The Labute approximate surface area is 184 Å². The zero-order valence-electron chi connectivity index (χ0n) is 17.0. The fraction of sp³-hybridized carbons (Fsp3) is 0.550. The number of fused-ring (bicyclic) bond motifs is 1. The van der Waals surface area contributed by atoms with Crippen LogP contribution in [-0.4, -0.2) is 40.9 Å². The van der Waals surface area contributed by atoms with Gasteiger partial charge < -0.3 is 9.88 Å². The average molecular weight is 477 g/mol. The lowest BCUT2D eigenvalue weighted by Gasteiger charge is -2.39. The number of nitrogens with one attached hydrogen (secondary N) is 1. The van der Waals surface area contributed by atoms with E-state index in [-0.39, 0.29) is 22.5 Å². The number of aryl methyl sites for hydroxylation is 1. The summed E-state index contributed by atoms with van der Waals surface area (Å²) in [4.78, 5) is 4.01. The molecule has 1 saturated heterocycles. The van der Waals surface area contributed by atoms with Crippen LogP contribution < -0.4 is 5.32 Å². The van der Waals surface area contributed by atoms with E-state index in [0.717, 1.165) is 37.8 Å². The number of benzene rings is 1. The van der Waals surface area contributed by atoms with Gasteiger partial charge in [0.15, 0.2) is 5.03 Å². The van der Waals surface area contributed by atoms with Crippen LogP contribution in [0.4, 0.5) is 13.2 Å². The van der Waals surface area contributed by atoms with Gasteiger partial charge in [-0.2, -0.15) is 17.5 Å². The topological polar surface area (TPSA) is 67.2 Å². The number of halogens is 4. The molecule has 1 aromatic heterocycles. The summed E-state index contributed by atoms with van der Waals surface area (Å²) >= 11 is 6.12. The molecule has 2 aliphatic rings. The van der Waals surface area contributed by atoms with Crippen LogP contribution in [0.3, 0.4) is 0 Å². The SMILES string of the molecule is Cn1cnc(S(=O)(=O)N2CC3CCCCC3(NCc3ccc(C(F)(F)F)cc3Cl)C2)c1. The molecule has 1 saturated carbocycles. The van der Waals surface area contributed by atoms with Gasteiger partial charge in [-0.05, 0) is 36.5 Å². The number of alkyl halides is 3. The van der Waals surface area contributed by atoms with Gasteiger partial charge in [0.25, 0.3) is 10.0 Å². The molecule has 1 aliphatic heterocycles. The normalized spacial score (nSPS) is 25.0. The zero-order valence-corrected chi connectivity index (χ0v) is 18.6. The molecule has 2 aromatic rings. The second kappa shape index (κ2) is 8.06. The van der Waals surface area contributed by atoms with Crippen molar-refractivity contribution in [3.63, 3.8) is 0 Å². The molecule has 2 fully saturated rings. The largest absolute Gasteiger partial charge is 0.416 e. The third-order valence-corrected chi connectivity index (χ3v) is 8.44. The first-order valence-corrected chi connectivity index (χ1v) is 11.9. The molecule has 0 spiro atoms. The minimum atomic E-state index is -4.45. The second-order valence-corrected chi connectivity index (χ2v) is 10.7. The summed E-state index contributed by atoms with van der Waals surface area (Å²) in [6, 6.07) is 3.33. The third kappa shape index (κ3) is 4.35. The molecule has 11 heteroatoms. The Kier molecular flexibility index (Phi) is 5.87. The molecule has 6 nitrogen and oxygen atoms in total. The van der Waals surface area contributed by atoms with Crippen molar-refractivity contribution in [2.24, 2.45) is 13.0 Å². The van der Waals surface area contributed by atoms with Gasteiger partial charge in [-0.1, -0.05) is 30.5 Å². The van der Waals surface area contributed by atoms with Crippen molar-refractivity contribution in [3.8, 4) is 0 Å². The lowest BCUT2D eigenvalue weighted by atomic mass is 9.75. The molecule has 31 heavy (non-hydrogen) atoms. The lowest BCUT2D eigenvalue weighted by Crippen LogP contribution is -2.53. The molecule has 0 bridgehead atoms. The van der Waals surface area contributed by atoms with Gasteiger partial charge in [0.05, 0.1) is 11.9 Å². The van der Waals surface area contributed by atoms with Gasteiger partial charge >= 0.3 is 6.18 Å². The van der Waals surface area contributed by atoms with Crippen molar-refractivity contribution in [3.05, 3.63) is 46.9 Å². The van der Waals surface area contributed by atoms with E-state index in [1.807, 2.05) is 0 Å². The molecule has 170 valence electrons. The van der Waals surface area contributed by atoms with E-state index in [4.69, 9.17) is 11.6 Å². The molecule has 2 atom stereocenters. The van der Waals surface area contributed by atoms with E-state index < -0.39 is 27.3 Å². The molecule has 0 amide bonds. The van der Waals surface area contributed by atoms with Crippen LogP contribution in [0, 0.1) is 5.92 Å². The Morgan fingerprint density at radius 3 is 2.74 bits per heavy atom. The van der Waals surface area contributed by atoms with Crippen LogP contribution in [0.5, 0.6) is 0 Å². The maximum Gasteiger partial charge on any atom is 0.416 e. The van der Waals surface area contributed by atoms with Crippen molar-refractivity contribution in [1.29, 1.82) is 0 Å². The first-order chi connectivity index (χ1) is 14.5. The van der Waals surface area contributed by atoms with Crippen molar-refractivity contribution >= 4 is 21.6 Å². The van der Waals surface area contributed by atoms with Gasteiger partial charge in [0, 0.05) is 43.4 Å². The summed E-state index contributed by atoms with van der Waals surface area (Å²) in [5, 5.41) is 3.54. The zero-order chi connectivity index (χ0) is 22.4. The highest BCUT2D eigenvalue weighted by molar-refractivity contribution is 7.89. The van der Waals surface area contributed by atoms with Crippen molar-refractivity contribution < 1.29 is 21.6 Å².